The van der Waals surface area contributed by atoms with E-state index in [0.29, 0.717) is 32.9 Å². The van der Waals surface area contributed by atoms with Crippen molar-refractivity contribution in [3.8, 4) is 0 Å². The van der Waals surface area contributed by atoms with Gasteiger partial charge in [-0.05, 0) is 31.3 Å². The average molecular weight is 387 g/mol. The van der Waals surface area contributed by atoms with Crippen LogP contribution in [0.15, 0.2) is 47.4 Å². The highest BCUT2D eigenvalue weighted by Gasteiger charge is 2.12. The number of rotatable bonds is 7. The summed E-state index contributed by atoms with van der Waals surface area (Å²) in [6.07, 6.45) is 0. The van der Waals surface area contributed by atoms with Crippen LogP contribution in [0.2, 0.25) is 10.0 Å². The van der Waals surface area contributed by atoms with Crippen LogP contribution < -0.4 is 5.32 Å². The zero-order valence-corrected chi connectivity index (χ0v) is 15.4. The van der Waals surface area contributed by atoms with E-state index in [2.05, 4.69) is 5.32 Å². The first-order valence-corrected chi connectivity index (χ1v) is 9.01. The van der Waals surface area contributed by atoms with Gasteiger partial charge in [0.1, 0.15) is 5.82 Å². The number of para-hydroxylation sites is 1. The Labute approximate surface area is 155 Å². The van der Waals surface area contributed by atoms with Gasteiger partial charge in [0.25, 0.3) is 0 Å². The van der Waals surface area contributed by atoms with Crippen molar-refractivity contribution >= 4 is 46.6 Å². The van der Waals surface area contributed by atoms with Gasteiger partial charge in [-0.15, -0.1) is 11.8 Å². The predicted molar refractivity (Wildman–Crippen MR) is 99.7 cm³/mol. The Hall–Kier alpha value is -1.27. The molecule has 0 aliphatic rings. The summed E-state index contributed by atoms with van der Waals surface area (Å²) in [5.74, 6) is 0.247. The molecule has 0 radical (unpaired) electrons. The standard InChI is InChI=1S/C17H17Cl2FN2OS/c1-22(9-10-24-15-8-3-2-7-14(15)20)11-16(23)21-17-12(18)5-4-6-13(17)19/h2-8H,9-11H2,1H3,(H,21,23). The minimum Gasteiger partial charge on any atom is -0.322 e. The number of halogens is 3. The number of nitrogens with zero attached hydrogens (tertiary/aromatic N) is 1. The fourth-order valence-electron chi connectivity index (χ4n) is 1.99. The SMILES string of the molecule is CN(CCSc1ccccc1F)CC(=O)Nc1c(Cl)cccc1Cl. The summed E-state index contributed by atoms with van der Waals surface area (Å²) in [7, 11) is 1.83. The number of thioether (sulfide) groups is 1. The van der Waals surface area contributed by atoms with Crippen molar-refractivity contribution in [2.24, 2.45) is 0 Å². The maximum atomic E-state index is 13.5. The molecule has 0 bridgehead atoms. The molecular formula is C17H17Cl2FN2OS. The highest BCUT2D eigenvalue weighted by atomic mass is 35.5. The third-order valence-corrected chi connectivity index (χ3v) is 4.87. The van der Waals surface area contributed by atoms with Gasteiger partial charge < -0.3 is 5.32 Å². The number of anilines is 1. The van der Waals surface area contributed by atoms with Crippen molar-refractivity contribution in [3.05, 3.63) is 58.3 Å². The van der Waals surface area contributed by atoms with Gasteiger partial charge >= 0.3 is 0 Å². The molecule has 24 heavy (non-hydrogen) atoms. The van der Waals surface area contributed by atoms with Gasteiger partial charge in [0.15, 0.2) is 0 Å². The fourth-order valence-corrected chi connectivity index (χ4v) is 3.49. The molecule has 0 aliphatic carbocycles. The molecule has 2 aromatic carbocycles. The molecule has 0 heterocycles. The molecule has 1 amide bonds. The van der Waals surface area contributed by atoms with E-state index in [1.54, 1.807) is 36.4 Å². The zero-order chi connectivity index (χ0) is 17.5. The number of carbonyl (C=O) groups excluding carboxylic acids is 1. The van der Waals surface area contributed by atoms with E-state index in [9.17, 15) is 9.18 Å². The van der Waals surface area contributed by atoms with E-state index in [-0.39, 0.29) is 18.3 Å². The maximum absolute atomic E-state index is 13.5. The minimum absolute atomic E-state index is 0.194. The molecule has 1 N–H and O–H groups in total. The molecule has 0 spiro atoms. The van der Waals surface area contributed by atoms with Gasteiger partial charge in [-0.3, -0.25) is 9.69 Å². The fraction of sp³-hybridized carbons (Fsp3) is 0.235. The number of nitrogens with one attached hydrogen (secondary N) is 1. The number of hydrogen-bond donors (Lipinski definition) is 1. The Morgan fingerprint density at radius 1 is 1.17 bits per heavy atom. The van der Waals surface area contributed by atoms with E-state index >= 15 is 0 Å². The molecule has 2 aromatic rings. The van der Waals surface area contributed by atoms with Gasteiger partial charge in [0.2, 0.25) is 5.91 Å². The van der Waals surface area contributed by atoms with Gasteiger partial charge in [0.05, 0.1) is 22.3 Å². The number of amides is 1. The molecule has 128 valence electrons. The Kier molecular flexibility index (Phi) is 7.37. The van der Waals surface area contributed by atoms with Gasteiger partial charge in [-0.25, -0.2) is 4.39 Å². The largest absolute Gasteiger partial charge is 0.322 e. The third-order valence-electron chi connectivity index (χ3n) is 3.21. The monoisotopic (exact) mass is 386 g/mol. The molecule has 0 atom stereocenters. The maximum Gasteiger partial charge on any atom is 0.238 e. The Morgan fingerprint density at radius 3 is 2.50 bits per heavy atom. The highest BCUT2D eigenvalue weighted by molar-refractivity contribution is 7.99. The van der Waals surface area contributed by atoms with E-state index < -0.39 is 0 Å². The van der Waals surface area contributed by atoms with Crippen LogP contribution in [0.1, 0.15) is 0 Å². The number of benzene rings is 2. The van der Waals surface area contributed by atoms with Crippen LogP contribution in [-0.4, -0.2) is 36.7 Å². The lowest BCUT2D eigenvalue weighted by Gasteiger charge is -2.17. The molecule has 0 aromatic heterocycles. The Morgan fingerprint density at radius 2 is 1.83 bits per heavy atom. The van der Waals surface area contributed by atoms with E-state index in [1.165, 1.54) is 17.8 Å². The van der Waals surface area contributed by atoms with Crippen LogP contribution in [0.4, 0.5) is 10.1 Å². The van der Waals surface area contributed by atoms with Crippen molar-refractivity contribution in [2.45, 2.75) is 4.90 Å². The quantitative estimate of drug-likeness (QED) is 0.693. The van der Waals surface area contributed by atoms with Crippen molar-refractivity contribution in [1.29, 1.82) is 0 Å². The van der Waals surface area contributed by atoms with Crippen LogP contribution in [0.3, 0.4) is 0 Å². The zero-order valence-electron chi connectivity index (χ0n) is 13.1. The van der Waals surface area contributed by atoms with Crippen LogP contribution in [-0.2, 0) is 4.79 Å². The number of likely N-dealkylation sites (N-methyl/N-ethyl adjacent to an activating group) is 1. The molecule has 0 unspecified atom stereocenters. The van der Waals surface area contributed by atoms with Crippen molar-refractivity contribution in [2.75, 3.05) is 31.2 Å². The third kappa shape index (κ3) is 5.67. The summed E-state index contributed by atoms with van der Waals surface area (Å²) >= 11 is 13.5. The van der Waals surface area contributed by atoms with Crippen molar-refractivity contribution in [1.82, 2.24) is 4.90 Å². The van der Waals surface area contributed by atoms with E-state index in [0.717, 1.165) is 0 Å². The van der Waals surface area contributed by atoms with Crippen LogP contribution in [0.5, 0.6) is 0 Å². The van der Waals surface area contributed by atoms with Crippen molar-refractivity contribution < 1.29 is 9.18 Å². The summed E-state index contributed by atoms with van der Waals surface area (Å²) in [6, 6.07) is 11.7. The normalized spacial score (nSPS) is 10.9. The van der Waals surface area contributed by atoms with Crippen molar-refractivity contribution in [3.63, 3.8) is 0 Å². The summed E-state index contributed by atoms with van der Waals surface area (Å²) in [5.41, 5.74) is 0.417. The van der Waals surface area contributed by atoms with Crippen LogP contribution in [0.25, 0.3) is 0 Å². The first-order chi connectivity index (χ1) is 11.5. The molecular weight excluding hydrogens is 370 g/mol. The second-order valence-electron chi connectivity index (χ2n) is 5.16. The first kappa shape index (κ1) is 19.1. The van der Waals surface area contributed by atoms with E-state index in [4.69, 9.17) is 23.2 Å². The minimum atomic E-state index is -0.226. The molecule has 2 rings (SSSR count). The molecule has 0 fully saturated rings. The Bertz CT molecular complexity index is 694. The molecule has 0 saturated carbocycles. The topological polar surface area (TPSA) is 32.3 Å². The molecule has 0 aliphatic heterocycles. The second kappa shape index (κ2) is 9.28. The Balaban J connectivity index is 1.79. The van der Waals surface area contributed by atoms with Gasteiger partial charge in [-0.2, -0.15) is 0 Å². The lowest BCUT2D eigenvalue weighted by atomic mass is 10.3. The summed E-state index contributed by atoms with van der Waals surface area (Å²) in [5, 5.41) is 3.51. The summed E-state index contributed by atoms with van der Waals surface area (Å²) in [6.45, 7) is 0.835. The second-order valence-corrected chi connectivity index (χ2v) is 7.11. The first-order valence-electron chi connectivity index (χ1n) is 7.27. The van der Waals surface area contributed by atoms with Gasteiger partial charge in [-0.1, -0.05) is 41.4 Å². The molecule has 0 saturated heterocycles. The number of carbonyl (C=O) groups is 1. The smallest absolute Gasteiger partial charge is 0.238 e. The lowest BCUT2D eigenvalue weighted by molar-refractivity contribution is -0.117. The highest BCUT2D eigenvalue weighted by Crippen LogP contribution is 2.29. The molecule has 3 nitrogen and oxygen atoms in total. The average Bonchev–Trinajstić information content (AvgIpc) is 2.53. The van der Waals surface area contributed by atoms with E-state index in [1.807, 2.05) is 11.9 Å². The number of hydrogen-bond acceptors (Lipinski definition) is 3. The van der Waals surface area contributed by atoms with Crippen LogP contribution >= 0.6 is 35.0 Å². The summed E-state index contributed by atoms with van der Waals surface area (Å²) in [4.78, 5) is 14.5. The molecule has 7 heteroatoms. The van der Waals surface area contributed by atoms with Gasteiger partial charge in [0, 0.05) is 17.2 Å². The lowest BCUT2D eigenvalue weighted by Crippen LogP contribution is -2.31. The summed E-state index contributed by atoms with van der Waals surface area (Å²) < 4.78 is 13.5. The van der Waals surface area contributed by atoms with Crippen LogP contribution in [0, 0.1) is 5.82 Å². The predicted octanol–water partition coefficient (Wildman–Crippen LogP) is 4.80.